The topological polar surface area (TPSA) is 58.6 Å². The molecule has 0 radical (unpaired) electrons. The number of benzene rings is 1. The summed E-state index contributed by atoms with van der Waals surface area (Å²) >= 11 is 5.71. The Morgan fingerprint density at radius 3 is 2.50 bits per heavy atom. The number of aliphatic hydroxyl groups excluding tert-OH is 1. The lowest BCUT2D eigenvalue weighted by molar-refractivity contribution is 0.0436. The molecule has 0 aromatic heterocycles. The fourth-order valence-electron chi connectivity index (χ4n) is 1.62. The summed E-state index contributed by atoms with van der Waals surface area (Å²) in [5.41, 5.74) is -0.148. The van der Waals surface area contributed by atoms with Gasteiger partial charge in [-0.3, -0.25) is 0 Å². The molecule has 1 aromatic rings. The Morgan fingerprint density at radius 2 is 2.05 bits per heavy atom. The van der Waals surface area contributed by atoms with E-state index in [2.05, 4.69) is 5.32 Å². The van der Waals surface area contributed by atoms with Gasteiger partial charge in [0, 0.05) is 0 Å². The van der Waals surface area contributed by atoms with Crippen LogP contribution in [0, 0.1) is 5.82 Å². The molecule has 0 unspecified atom stereocenters. The molecule has 0 saturated carbocycles. The van der Waals surface area contributed by atoms with Crippen LogP contribution in [0.25, 0.3) is 0 Å². The highest BCUT2D eigenvalue weighted by atomic mass is 35.5. The molecule has 0 heterocycles. The molecule has 0 spiro atoms. The van der Waals surface area contributed by atoms with Crippen molar-refractivity contribution in [2.24, 2.45) is 0 Å². The fourth-order valence-corrected chi connectivity index (χ4v) is 1.81. The van der Waals surface area contributed by atoms with Crippen LogP contribution in [-0.4, -0.2) is 22.9 Å². The zero-order chi connectivity index (χ0) is 15.5. The number of carbonyl (C=O) groups is 1. The Bertz CT molecular complexity index is 486. The van der Waals surface area contributed by atoms with Crippen LogP contribution in [0.4, 0.5) is 9.18 Å². The number of hydrogen-bond donors (Lipinski definition) is 2. The number of ether oxygens (including phenoxy) is 1. The van der Waals surface area contributed by atoms with Gasteiger partial charge < -0.3 is 15.2 Å². The van der Waals surface area contributed by atoms with Crippen molar-refractivity contribution in [1.29, 1.82) is 0 Å². The van der Waals surface area contributed by atoms with Crippen molar-refractivity contribution in [2.75, 3.05) is 0 Å². The van der Waals surface area contributed by atoms with Gasteiger partial charge in [0.15, 0.2) is 0 Å². The molecule has 1 amide bonds. The molecule has 0 aliphatic carbocycles. The SMILES string of the molecule is C[C@H](O)[C@@H](NC(=O)OC(C)(C)C)c1ccc(F)c(Cl)c1. The number of carbonyl (C=O) groups excluding carboxylic acids is 1. The Labute approximate surface area is 122 Å². The first kappa shape index (κ1) is 16.7. The second-order valence-electron chi connectivity index (χ2n) is 5.54. The number of aliphatic hydroxyl groups is 1. The first-order chi connectivity index (χ1) is 9.10. The quantitative estimate of drug-likeness (QED) is 0.899. The monoisotopic (exact) mass is 303 g/mol. The molecular formula is C14H19ClFNO3. The molecule has 0 bridgehead atoms. The third-order valence-corrected chi connectivity index (χ3v) is 2.75. The van der Waals surface area contributed by atoms with Crippen LogP contribution in [0.2, 0.25) is 5.02 Å². The molecular weight excluding hydrogens is 285 g/mol. The van der Waals surface area contributed by atoms with Crippen LogP contribution in [0.5, 0.6) is 0 Å². The molecule has 0 aliphatic rings. The molecule has 4 nitrogen and oxygen atoms in total. The summed E-state index contributed by atoms with van der Waals surface area (Å²) in [6, 6.07) is 3.27. The van der Waals surface area contributed by atoms with Gasteiger partial charge in [-0.25, -0.2) is 9.18 Å². The smallest absolute Gasteiger partial charge is 0.408 e. The Balaban J connectivity index is 2.89. The number of nitrogens with one attached hydrogen (secondary N) is 1. The van der Waals surface area contributed by atoms with E-state index in [9.17, 15) is 14.3 Å². The summed E-state index contributed by atoms with van der Waals surface area (Å²) in [6.07, 6.45) is -1.55. The average Bonchev–Trinajstić information content (AvgIpc) is 2.27. The van der Waals surface area contributed by atoms with Crippen LogP contribution in [-0.2, 0) is 4.74 Å². The van der Waals surface area contributed by atoms with Crippen molar-refractivity contribution < 1.29 is 19.0 Å². The molecule has 2 atom stereocenters. The minimum Gasteiger partial charge on any atom is -0.444 e. The maximum atomic E-state index is 13.1. The Kier molecular flexibility index (Phi) is 5.36. The van der Waals surface area contributed by atoms with Gasteiger partial charge in [0.2, 0.25) is 0 Å². The molecule has 0 saturated heterocycles. The van der Waals surface area contributed by atoms with Crippen molar-refractivity contribution in [3.63, 3.8) is 0 Å². The summed E-state index contributed by atoms with van der Waals surface area (Å²) in [4.78, 5) is 11.7. The number of halogens is 2. The lowest BCUT2D eigenvalue weighted by Gasteiger charge is -2.25. The molecule has 6 heteroatoms. The van der Waals surface area contributed by atoms with Crippen molar-refractivity contribution >= 4 is 17.7 Å². The van der Waals surface area contributed by atoms with Gasteiger partial charge in [0.1, 0.15) is 11.4 Å². The summed E-state index contributed by atoms with van der Waals surface area (Å²) in [5, 5.41) is 12.2. The molecule has 2 N–H and O–H groups in total. The second-order valence-corrected chi connectivity index (χ2v) is 5.95. The zero-order valence-electron chi connectivity index (χ0n) is 11.9. The highest BCUT2D eigenvalue weighted by Crippen LogP contribution is 2.23. The number of hydrogen-bond acceptors (Lipinski definition) is 3. The van der Waals surface area contributed by atoms with Crippen LogP contribution in [0.1, 0.15) is 39.3 Å². The highest BCUT2D eigenvalue weighted by Gasteiger charge is 2.24. The van der Waals surface area contributed by atoms with Crippen LogP contribution in [0.3, 0.4) is 0 Å². The number of alkyl carbamates (subject to hydrolysis) is 1. The van der Waals surface area contributed by atoms with E-state index in [0.717, 1.165) is 0 Å². The fraction of sp³-hybridized carbons (Fsp3) is 0.500. The highest BCUT2D eigenvalue weighted by molar-refractivity contribution is 6.30. The lowest BCUT2D eigenvalue weighted by atomic mass is 10.0. The van der Waals surface area contributed by atoms with Crippen molar-refractivity contribution in [3.8, 4) is 0 Å². The second kappa shape index (κ2) is 6.41. The normalized spacial score (nSPS) is 14.6. The first-order valence-corrected chi connectivity index (χ1v) is 6.60. The number of rotatable bonds is 3. The number of amides is 1. The van der Waals surface area contributed by atoms with E-state index in [-0.39, 0.29) is 5.02 Å². The lowest BCUT2D eigenvalue weighted by Crippen LogP contribution is -2.38. The van der Waals surface area contributed by atoms with E-state index in [1.165, 1.54) is 25.1 Å². The van der Waals surface area contributed by atoms with E-state index < -0.39 is 29.7 Å². The van der Waals surface area contributed by atoms with Gasteiger partial charge in [-0.1, -0.05) is 17.7 Å². The minimum atomic E-state index is -0.885. The van der Waals surface area contributed by atoms with Gasteiger partial charge >= 0.3 is 6.09 Å². The van der Waals surface area contributed by atoms with E-state index in [1.807, 2.05) is 0 Å². The van der Waals surface area contributed by atoms with E-state index in [0.29, 0.717) is 5.56 Å². The predicted octanol–water partition coefficient (Wildman–Crippen LogP) is 3.43. The molecule has 20 heavy (non-hydrogen) atoms. The first-order valence-electron chi connectivity index (χ1n) is 6.22. The maximum Gasteiger partial charge on any atom is 0.408 e. The van der Waals surface area contributed by atoms with Crippen LogP contribution in [0.15, 0.2) is 18.2 Å². The Morgan fingerprint density at radius 1 is 1.45 bits per heavy atom. The average molecular weight is 304 g/mol. The maximum absolute atomic E-state index is 13.1. The molecule has 0 aliphatic heterocycles. The van der Waals surface area contributed by atoms with Crippen molar-refractivity contribution in [1.82, 2.24) is 5.32 Å². The van der Waals surface area contributed by atoms with E-state index >= 15 is 0 Å². The van der Waals surface area contributed by atoms with Gasteiger partial charge in [-0.15, -0.1) is 0 Å². The van der Waals surface area contributed by atoms with Gasteiger partial charge in [0.25, 0.3) is 0 Å². The minimum absolute atomic E-state index is 0.0702. The summed E-state index contributed by atoms with van der Waals surface area (Å²) in [6.45, 7) is 6.72. The summed E-state index contributed by atoms with van der Waals surface area (Å²) in [7, 11) is 0. The standard InChI is InChI=1S/C14H19ClFNO3/c1-8(18)12(17-13(19)20-14(2,3)4)9-5-6-11(16)10(15)7-9/h5-8,12,18H,1-4H3,(H,17,19)/t8-,12+/m0/s1. The molecule has 1 aromatic carbocycles. The summed E-state index contributed by atoms with van der Waals surface area (Å²) < 4.78 is 18.3. The van der Waals surface area contributed by atoms with E-state index in [1.54, 1.807) is 20.8 Å². The van der Waals surface area contributed by atoms with E-state index in [4.69, 9.17) is 16.3 Å². The Hall–Kier alpha value is -1.33. The van der Waals surface area contributed by atoms with Gasteiger partial charge in [0.05, 0.1) is 17.2 Å². The van der Waals surface area contributed by atoms with Gasteiger partial charge in [-0.2, -0.15) is 0 Å². The van der Waals surface area contributed by atoms with Gasteiger partial charge in [-0.05, 0) is 45.4 Å². The molecule has 0 fully saturated rings. The van der Waals surface area contributed by atoms with Crippen LogP contribution < -0.4 is 5.32 Å². The predicted molar refractivity (Wildman–Crippen MR) is 75.2 cm³/mol. The van der Waals surface area contributed by atoms with Crippen molar-refractivity contribution in [2.45, 2.75) is 45.4 Å². The largest absolute Gasteiger partial charge is 0.444 e. The summed E-state index contributed by atoms with van der Waals surface area (Å²) in [5.74, 6) is -0.558. The zero-order valence-corrected chi connectivity index (χ0v) is 12.7. The third kappa shape index (κ3) is 4.98. The third-order valence-electron chi connectivity index (χ3n) is 2.46. The van der Waals surface area contributed by atoms with Crippen molar-refractivity contribution in [3.05, 3.63) is 34.6 Å². The van der Waals surface area contributed by atoms with Crippen LogP contribution >= 0.6 is 11.6 Å². The molecule has 112 valence electrons. The molecule has 1 rings (SSSR count).